The number of carbonyl (C=O) groups is 2. The number of carboxylic acids is 1. The van der Waals surface area contributed by atoms with Gasteiger partial charge in [-0.25, -0.2) is 4.98 Å². The molecule has 4 rings (SSSR count). The summed E-state index contributed by atoms with van der Waals surface area (Å²) >= 11 is 1.41. The third kappa shape index (κ3) is 3.33. The Balaban J connectivity index is 1.52. The van der Waals surface area contributed by atoms with E-state index in [2.05, 4.69) is 36.3 Å². The van der Waals surface area contributed by atoms with Crippen LogP contribution in [0.15, 0.2) is 24.3 Å². The number of benzene rings is 1. The van der Waals surface area contributed by atoms with E-state index in [1.165, 1.54) is 16.9 Å². The first kappa shape index (κ1) is 19.1. The normalized spacial score (nSPS) is 26.0. The minimum Gasteiger partial charge on any atom is -0.481 e. The van der Waals surface area contributed by atoms with Crippen molar-refractivity contribution in [2.24, 2.45) is 11.8 Å². The van der Waals surface area contributed by atoms with Crippen LogP contribution >= 0.6 is 11.3 Å². The number of hydrogen-bond acceptors (Lipinski definition) is 5. The topological polar surface area (TPSA) is 88.5 Å². The van der Waals surface area contributed by atoms with Crippen LogP contribution in [0.5, 0.6) is 0 Å². The summed E-state index contributed by atoms with van der Waals surface area (Å²) in [5.74, 6) is -2.24. The molecule has 6 nitrogen and oxygen atoms in total. The van der Waals surface area contributed by atoms with Gasteiger partial charge in [0.2, 0.25) is 5.91 Å². The van der Waals surface area contributed by atoms with Gasteiger partial charge in [0.1, 0.15) is 0 Å². The summed E-state index contributed by atoms with van der Waals surface area (Å²) in [4.78, 5) is 30.0. The summed E-state index contributed by atoms with van der Waals surface area (Å²) in [6.07, 6.45) is 0.774. The molecule has 3 heterocycles. The predicted octanol–water partition coefficient (Wildman–Crippen LogP) is 4.06. The maximum atomic E-state index is 12.8. The molecule has 4 atom stereocenters. The van der Waals surface area contributed by atoms with Crippen molar-refractivity contribution in [2.75, 3.05) is 5.32 Å². The lowest BCUT2D eigenvalue weighted by Crippen LogP contribution is -2.40. The summed E-state index contributed by atoms with van der Waals surface area (Å²) in [5.41, 5.74) is 3.11. The van der Waals surface area contributed by atoms with Gasteiger partial charge in [-0.3, -0.25) is 9.59 Å². The number of thiazole rings is 1. The van der Waals surface area contributed by atoms with E-state index in [1.54, 1.807) is 0 Å². The van der Waals surface area contributed by atoms with Gasteiger partial charge in [0, 0.05) is 10.4 Å². The van der Waals surface area contributed by atoms with Gasteiger partial charge in [-0.05, 0) is 31.2 Å². The van der Waals surface area contributed by atoms with Gasteiger partial charge in [-0.2, -0.15) is 0 Å². The zero-order chi connectivity index (χ0) is 20.0. The lowest BCUT2D eigenvalue weighted by atomic mass is 9.79. The highest BCUT2D eigenvalue weighted by molar-refractivity contribution is 7.16. The molecule has 2 fully saturated rings. The number of carboxylic acid groups (broad SMARTS) is 1. The van der Waals surface area contributed by atoms with Gasteiger partial charge in [0.05, 0.1) is 29.7 Å². The second-order valence-electron chi connectivity index (χ2n) is 7.87. The van der Waals surface area contributed by atoms with Crippen molar-refractivity contribution in [1.29, 1.82) is 0 Å². The Bertz CT molecular complexity index is 906. The molecule has 2 saturated heterocycles. The number of hydrogen-bond donors (Lipinski definition) is 2. The minimum atomic E-state index is -0.964. The number of carbonyl (C=O) groups excluding carboxylic acids is 1. The minimum absolute atomic E-state index is 0.310. The molecule has 28 heavy (non-hydrogen) atoms. The summed E-state index contributed by atoms with van der Waals surface area (Å²) in [5, 5.41) is 12.8. The molecule has 0 radical (unpaired) electrons. The Morgan fingerprint density at radius 2 is 1.82 bits per heavy atom. The van der Waals surface area contributed by atoms with Crippen LogP contribution in [0.1, 0.15) is 43.0 Å². The number of aromatic nitrogens is 1. The molecule has 2 bridgehead atoms. The number of ether oxygens (including phenoxy) is 1. The van der Waals surface area contributed by atoms with E-state index in [1.807, 2.05) is 19.1 Å². The molecule has 1 aromatic carbocycles. The van der Waals surface area contributed by atoms with E-state index in [9.17, 15) is 14.7 Å². The van der Waals surface area contributed by atoms with Crippen LogP contribution in [0.25, 0.3) is 11.3 Å². The number of fused-ring (bicyclic) bond motifs is 2. The molecule has 0 saturated carbocycles. The van der Waals surface area contributed by atoms with Gasteiger partial charge < -0.3 is 15.2 Å². The Hall–Kier alpha value is -2.25. The molecule has 0 aliphatic carbocycles. The molecule has 0 unspecified atom stereocenters. The highest BCUT2D eigenvalue weighted by Gasteiger charge is 2.55. The lowest BCUT2D eigenvalue weighted by Gasteiger charge is -2.23. The summed E-state index contributed by atoms with van der Waals surface area (Å²) in [6, 6.07) is 8.29. The van der Waals surface area contributed by atoms with E-state index < -0.39 is 17.8 Å². The van der Waals surface area contributed by atoms with Crippen molar-refractivity contribution in [3.8, 4) is 11.3 Å². The van der Waals surface area contributed by atoms with Crippen molar-refractivity contribution >= 4 is 28.3 Å². The molecule has 1 aromatic heterocycles. The average Bonchev–Trinajstić information content (AvgIpc) is 3.35. The number of amides is 1. The van der Waals surface area contributed by atoms with Gasteiger partial charge in [-0.15, -0.1) is 11.3 Å². The molecule has 7 heteroatoms. The Morgan fingerprint density at radius 1 is 1.18 bits per heavy atom. The zero-order valence-corrected chi connectivity index (χ0v) is 17.0. The largest absolute Gasteiger partial charge is 0.481 e. The van der Waals surface area contributed by atoms with Crippen molar-refractivity contribution < 1.29 is 19.4 Å². The van der Waals surface area contributed by atoms with Crippen molar-refractivity contribution in [3.63, 3.8) is 0 Å². The van der Waals surface area contributed by atoms with E-state index in [4.69, 9.17) is 4.74 Å². The van der Waals surface area contributed by atoms with E-state index in [-0.39, 0.29) is 18.1 Å². The fraction of sp³-hybridized carbons (Fsp3) is 0.476. The zero-order valence-electron chi connectivity index (χ0n) is 16.1. The maximum absolute atomic E-state index is 12.8. The van der Waals surface area contributed by atoms with Gasteiger partial charge in [0.15, 0.2) is 5.13 Å². The van der Waals surface area contributed by atoms with Crippen molar-refractivity contribution in [2.45, 2.75) is 51.7 Å². The van der Waals surface area contributed by atoms with E-state index >= 15 is 0 Å². The summed E-state index contributed by atoms with van der Waals surface area (Å²) < 4.78 is 5.69. The van der Waals surface area contributed by atoms with Crippen LogP contribution in [0.3, 0.4) is 0 Å². The van der Waals surface area contributed by atoms with Crippen molar-refractivity contribution in [3.05, 3.63) is 34.7 Å². The predicted molar refractivity (Wildman–Crippen MR) is 108 cm³/mol. The highest BCUT2D eigenvalue weighted by atomic mass is 32.1. The first-order valence-electron chi connectivity index (χ1n) is 9.62. The second-order valence-corrected chi connectivity index (χ2v) is 9.07. The molecule has 2 N–H and O–H groups in total. The molecule has 148 valence electrons. The SMILES string of the molecule is Cc1sc(NC(=O)[C@H]2[C@@H](C(=O)O)[C@H]3CC[C@H]2O3)nc1-c1ccc(C(C)C)cc1. The second kappa shape index (κ2) is 7.29. The molecule has 2 aromatic rings. The Morgan fingerprint density at radius 3 is 2.43 bits per heavy atom. The smallest absolute Gasteiger partial charge is 0.310 e. The fourth-order valence-corrected chi connectivity index (χ4v) is 5.10. The van der Waals surface area contributed by atoms with E-state index in [0.717, 1.165) is 22.6 Å². The molecule has 1 amide bonds. The molecule has 2 aliphatic heterocycles. The van der Waals surface area contributed by atoms with Crippen LogP contribution in [0, 0.1) is 18.8 Å². The van der Waals surface area contributed by atoms with Crippen LogP contribution in [0.2, 0.25) is 0 Å². The first-order valence-corrected chi connectivity index (χ1v) is 10.4. The lowest BCUT2D eigenvalue weighted by molar-refractivity contribution is -0.147. The standard InChI is InChI=1S/C21H24N2O4S/c1-10(2)12-4-6-13(7-5-12)18-11(3)28-21(22-18)23-19(24)16-14-8-9-15(27-14)17(16)20(25)26/h4-7,10,14-17H,8-9H2,1-3H3,(H,25,26)(H,22,23,24)/t14-,15-,16-,17+/m1/s1. The molecular formula is C21H24N2O4S. The first-order chi connectivity index (χ1) is 13.3. The number of rotatable bonds is 5. The number of aliphatic carboxylic acids is 1. The quantitative estimate of drug-likeness (QED) is 0.790. The highest BCUT2D eigenvalue weighted by Crippen LogP contribution is 2.44. The summed E-state index contributed by atoms with van der Waals surface area (Å²) in [6.45, 7) is 6.28. The van der Waals surface area contributed by atoms with Crippen LogP contribution in [-0.2, 0) is 14.3 Å². The van der Waals surface area contributed by atoms with Crippen molar-refractivity contribution in [1.82, 2.24) is 4.98 Å². The average molecular weight is 401 g/mol. The van der Waals surface area contributed by atoms with Crippen LogP contribution < -0.4 is 5.32 Å². The number of nitrogens with zero attached hydrogens (tertiary/aromatic N) is 1. The van der Waals surface area contributed by atoms with Gasteiger partial charge in [-0.1, -0.05) is 38.1 Å². The number of anilines is 1. The number of nitrogens with one attached hydrogen (secondary N) is 1. The Kier molecular flexibility index (Phi) is 4.97. The monoisotopic (exact) mass is 400 g/mol. The van der Waals surface area contributed by atoms with Crippen LogP contribution in [-0.4, -0.2) is 34.2 Å². The maximum Gasteiger partial charge on any atom is 0.310 e. The number of aryl methyl sites for hydroxylation is 1. The van der Waals surface area contributed by atoms with E-state index in [0.29, 0.717) is 17.5 Å². The van der Waals surface area contributed by atoms with Crippen LogP contribution in [0.4, 0.5) is 5.13 Å². The molecule has 2 aliphatic rings. The molecular weight excluding hydrogens is 376 g/mol. The van der Waals surface area contributed by atoms with Gasteiger partial charge >= 0.3 is 5.97 Å². The third-order valence-electron chi connectivity index (χ3n) is 5.74. The fourth-order valence-electron chi connectivity index (χ4n) is 4.26. The van der Waals surface area contributed by atoms with Gasteiger partial charge in [0.25, 0.3) is 0 Å². The summed E-state index contributed by atoms with van der Waals surface area (Å²) in [7, 11) is 0. The molecule has 0 spiro atoms. The Labute approximate surface area is 167 Å². The third-order valence-corrected chi connectivity index (χ3v) is 6.62.